The van der Waals surface area contributed by atoms with Gasteiger partial charge in [0.1, 0.15) is 17.8 Å². The van der Waals surface area contributed by atoms with Crippen LogP contribution in [0.2, 0.25) is 0 Å². The van der Waals surface area contributed by atoms with Gasteiger partial charge in [-0.2, -0.15) is 0 Å². The zero-order valence-electron chi connectivity index (χ0n) is 21.2. The van der Waals surface area contributed by atoms with E-state index in [-0.39, 0.29) is 30.7 Å². The number of hydrogen-bond acceptors (Lipinski definition) is 7. The van der Waals surface area contributed by atoms with Crippen molar-refractivity contribution in [2.24, 2.45) is 14.1 Å². The highest BCUT2D eigenvalue weighted by molar-refractivity contribution is 5.91. The second-order valence-electron chi connectivity index (χ2n) is 9.48. The predicted octanol–water partition coefficient (Wildman–Crippen LogP) is 2.33. The maximum Gasteiger partial charge on any atom is 0.419 e. The van der Waals surface area contributed by atoms with Crippen molar-refractivity contribution in [2.75, 3.05) is 6.61 Å². The molecular formula is C25H29N5O6. The molecule has 0 saturated carbocycles. The van der Waals surface area contributed by atoms with Crippen molar-refractivity contribution in [3.8, 4) is 0 Å². The molecule has 4 aromatic rings. The SMILES string of the molecule is CCOC(=O)Cc1nc2c(c(=O)n(Cc3cc4ccccc4n3C(=O)OC(C)(C)C)c(=O)n2C)n1C. The number of aryl methyl sites for hydroxylation is 2. The smallest absolute Gasteiger partial charge is 0.419 e. The fourth-order valence-corrected chi connectivity index (χ4v) is 4.14. The lowest BCUT2D eigenvalue weighted by Gasteiger charge is -2.21. The Labute approximate surface area is 206 Å². The zero-order valence-corrected chi connectivity index (χ0v) is 21.2. The third-order valence-electron chi connectivity index (χ3n) is 5.74. The lowest BCUT2D eigenvalue weighted by Crippen LogP contribution is -2.40. The third kappa shape index (κ3) is 4.43. The molecule has 0 atom stereocenters. The Kier molecular flexibility index (Phi) is 6.33. The monoisotopic (exact) mass is 495 g/mol. The molecule has 11 heteroatoms. The first-order valence-corrected chi connectivity index (χ1v) is 11.6. The number of esters is 1. The van der Waals surface area contributed by atoms with E-state index in [0.717, 1.165) is 9.95 Å². The van der Waals surface area contributed by atoms with Crippen molar-refractivity contribution in [3.05, 3.63) is 62.7 Å². The molecule has 0 unspecified atom stereocenters. The highest BCUT2D eigenvalue weighted by Gasteiger charge is 2.25. The van der Waals surface area contributed by atoms with E-state index in [1.165, 1.54) is 20.7 Å². The molecule has 4 rings (SSSR count). The van der Waals surface area contributed by atoms with E-state index in [1.807, 2.05) is 12.1 Å². The summed E-state index contributed by atoms with van der Waals surface area (Å²) in [5.74, 6) is -0.181. The zero-order chi connectivity index (χ0) is 26.4. The van der Waals surface area contributed by atoms with Crippen LogP contribution in [0.5, 0.6) is 0 Å². The summed E-state index contributed by atoms with van der Waals surface area (Å²) in [5, 5.41) is 0.765. The molecule has 190 valence electrons. The maximum absolute atomic E-state index is 13.5. The Balaban J connectivity index is 1.87. The van der Waals surface area contributed by atoms with Gasteiger partial charge in [0.15, 0.2) is 11.2 Å². The first-order chi connectivity index (χ1) is 16.9. The van der Waals surface area contributed by atoms with Crippen LogP contribution < -0.4 is 11.2 Å². The lowest BCUT2D eigenvalue weighted by atomic mass is 10.2. The molecule has 0 radical (unpaired) electrons. The van der Waals surface area contributed by atoms with Crippen LogP contribution in [0, 0.1) is 0 Å². The largest absolute Gasteiger partial charge is 0.466 e. The Hall–Kier alpha value is -4.15. The van der Waals surface area contributed by atoms with Crippen molar-refractivity contribution < 1.29 is 19.1 Å². The van der Waals surface area contributed by atoms with Gasteiger partial charge in [-0.15, -0.1) is 0 Å². The molecule has 3 heterocycles. The van der Waals surface area contributed by atoms with Crippen LogP contribution in [-0.4, -0.2) is 47.5 Å². The third-order valence-corrected chi connectivity index (χ3v) is 5.74. The molecule has 36 heavy (non-hydrogen) atoms. The van der Waals surface area contributed by atoms with Crippen LogP contribution >= 0.6 is 0 Å². The summed E-state index contributed by atoms with van der Waals surface area (Å²) >= 11 is 0. The number of carbonyl (C=O) groups excluding carboxylic acids is 2. The van der Waals surface area contributed by atoms with E-state index in [0.29, 0.717) is 17.0 Å². The van der Waals surface area contributed by atoms with Crippen molar-refractivity contribution in [2.45, 2.75) is 46.3 Å². The number of para-hydroxylation sites is 1. The van der Waals surface area contributed by atoms with Gasteiger partial charge in [-0.3, -0.25) is 18.7 Å². The minimum Gasteiger partial charge on any atom is -0.466 e. The van der Waals surface area contributed by atoms with Crippen LogP contribution in [0.25, 0.3) is 22.1 Å². The molecule has 0 aliphatic heterocycles. The van der Waals surface area contributed by atoms with Crippen LogP contribution in [-0.2, 0) is 41.3 Å². The lowest BCUT2D eigenvalue weighted by molar-refractivity contribution is -0.142. The van der Waals surface area contributed by atoms with Crippen LogP contribution in [0.15, 0.2) is 39.9 Å². The number of carbonyl (C=O) groups is 2. The van der Waals surface area contributed by atoms with Gasteiger partial charge in [0.2, 0.25) is 0 Å². The van der Waals surface area contributed by atoms with Gasteiger partial charge < -0.3 is 14.0 Å². The molecule has 0 spiro atoms. The van der Waals surface area contributed by atoms with E-state index in [2.05, 4.69) is 4.98 Å². The number of hydrogen-bond donors (Lipinski definition) is 0. The fraction of sp³-hybridized carbons (Fsp3) is 0.400. The van der Waals surface area contributed by atoms with Gasteiger partial charge in [-0.05, 0) is 39.8 Å². The molecule has 3 aromatic heterocycles. The van der Waals surface area contributed by atoms with Crippen LogP contribution in [0.1, 0.15) is 39.2 Å². The number of fused-ring (bicyclic) bond motifs is 2. The van der Waals surface area contributed by atoms with Gasteiger partial charge in [-0.1, -0.05) is 18.2 Å². The van der Waals surface area contributed by atoms with E-state index in [9.17, 15) is 19.2 Å². The normalized spacial score (nSPS) is 11.8. The Morgan fingerprint density at radius 3 is 2.42 bits per heavy atom. The molecule has 11 nitrogen and oxygen atoms in total. The highest BCUT2D eigenvalue weighted by Crippen LogP contribution is 2.22. The molecule has 0 saturated heterocycles. The van der Waals surface area contributed by atoms with Crippen LogP contribution in [0.4, 0.5) is 4.79 Å². The topological polar surface area (TPSA) is 119 Å². The van der Waals surface area contributed by atoms with Crippen LogP contribution in [0.3, 0.4) is 0 Å². The van der Waals surface area contributed by atoms with Crippen molar-refractivity contribution in [1.82, 2.24) is 23.3 Å². The predicted molar refractivity (Wildman–Crippen MR) is 133 cm³/mol. The second-order valence-corrected chi connectivity index (χ2v) is 9.48. The second kappa shape index (κ2) is 9.14. The maximum atomic E-state index is 13.5. The van der Waals surface area contributed by atoms with Crippen molar-refractivity contribution >= 4 is 34.1 Å². The van der Waals surface area contributed by atoms with Gasteiger partial charge in [-0.25, -0.2) is 19.1 Å². The Bertz CT molecular complexity index is 1610. The van der Waals surface area contributed by atoms with Crippen molar-refractivity contribution in [3.63, 3.8) is 0 Å². The Morgan fingerprint density at radius 2 is 1.75 bits per heavy atom. The van der Waals surface area contributed by atoms with Gasteiger partial charge in [0, 0.05) is 19.5 Å². The van der Waals surface area contributed by atoms with Crippen molar-refractivity contribution in [1.29, 1.82) is 0 Å². The van der Waals surface area contributed by atoms with Gasteiger partial charge >= 0.3 is 17.8 Å². The average molecular weight is 496 g/mol. The molecule has 0 amide bonds. The number of nitrogens with zero attached hydrogens (tertiary/aromatic N) is 5. The van der Waals surface area contributed by atoms with E-state index < -0.39 is 28.9 Å². The summed E-state index contributed by atoms with van der Waals surface area (Å²) in [4.78, 5) is 56.2. The van der Waals surface area contributed by atoms with Gasteiger partial charge in [0.25, 0.3) is 5.56 Å². The summed E-state index contributed by atoms with van der Waals surface area (Å²) in [7, 11) is 3.11. The van der Waals surface area contributed by atoms with E-state index in [1.54, 1.807) is 52.9 Å². The molecule has 0 N–H and O–H groups in total. The summed E-state index contributed by atoms with van der Waals surface area (Å²) in [5.41, 5.74) is -0.584. The fourth-order valence-electron chi connectivity index (χ4n) is 4.14. The molecule has 0 bridgehead atoms. The minimum atomic E-state index is -0.740. The molecule has 0 fully saturated rings. The number of ether oxygens (including phenoxy) is 2. The summed E-state index contributed by atoms with van der Waals surface area (Å²) < 4.78 is 15.8. The molecular weight excluding hydrogens is 466 g/mol. The average Bonchev–Trinajstić information content (AvgIpc) is 3.32. The number of imidazole rings is 1. The van der Waals surface area contributed by atoms with E-state index in [4.69, 9.17) is 9.47 Å². The standard InChI is InChI=1S/C25H29N5O6/c1-7-35-19(31)13-18-26-21-20(27(18)5)22(32)29(23(33)28(21)6)14-16-12-15-10-8-9-11-17(15)30(16)24(34)36-25(2,3)4/h8-12H,7,13-14H2,1-6H3. The summed E-state index contributed by atoms with van der Waals surface area (Å²) in [6.07, 6.45) is -0.749. The summed E-state index contributed by atoms with van der Waals surface area (Å²) in [6, 6.07) is 9.00. The molecule has 0 aliphatic carbocycles. The first kappa shape index (κ1) is 25.0. The molecule has 0 aliphatic rings. The quantitative estimate of drug-likeness (QED) is 0.390. The minimum absolute atomic E-state index is 0.139. The molecule has 1 aromatic carbocycles. The number of aromatic nitrogens is 5. The first-order valence-electron chi connectivity index (χ1n) is 11.6. The van der Waals surface area contributed by atoms with Gasteiger partial charge in [0.05, 0.1) is 24.4 Å². The summed E-state index contributed by atoms with van der Waals surface area (Å²) in [6.45, 7) is 7.04. The number of benzene rings is 1. The number of rotatable bonds is 5. The highest BCUT2D eigenvalue weighted by atomic mass is 16.6. The van der Waals surface area contributed by atoms with E-state index >= 15 is 0 Å². The Morgan fingerprint density at radius 1 is 1.06 bits per heavy atom.